The van der Waals surface area contributed by atoms with Crippen LogP contribution in [-0.2, 0) is 9.53 Å². The highest BCUT2D eigenvalue weighted by molar-refractivity contribution is 5.88. The van der Waals surface area contributed by atoms with Gasteiger partial charge in [-0.2, -0.15) is 0 Å². The molecule has 0 aliphatic carbocycles. The molecule has 0 spiro atoms. The van der Waals surface area contributed by atoms with Gasteiger partial charge in [-0.1, -0.05) is 61.9 Å². The molecule has 0 unspecified atom stereocenters. The first-order valence-electron chi connectivity index (χ1n) is 6.31. The van der Waals surface area contributed by atoms with Crippen LogP contribution in [0.5, 0.6) is 0 Å². The molecule has 0 radical (unpaired) electrons. The van der Waals surface area contributed by atoms with E-state index in [0.717, 1.165) is 18.4 Å². The van der Waals surface area contributed by atoms with Crippen molar-refractivity contribution in [3.05, 3.63) is 53.6 Å². The average molecular weight is 244 g/mol. The standard InChI is InChI=1S/C16H20O2/c1-3-4-13-18-16(17)14(2)9-8-12-15-10-6-5-7-11-15/h5-12H,3-4,13H2,1-2H3. The van der Waals surface area contributed by atoms with Crippen molar-refractivity contribution >= 4 is 12.0 Å². The second-order valence-electron chi connectivity index (χ2n) is 4.11. The van der Waals surface area contributed by atoms with Gasteiger partial charge in [0.2, 0.25) is 0 Å². The zero-order valence-electron chi connectivity index (χ0n) is 11.1. The second-order valence-corrected chi connectivity index (χ2v) is 4.11. The summed E-state index contributed by atoms with van der Waals surface area (Å²) in [4.78, 5) is 11.5. The first-order valence-corrected chi connectivity index (χ1v) is 6.31. The minimum absolute atomic E-state index is 0.235. The molecule has 18 heavy (non-hydrogen) atoms. The van der Waals surface area contributed by atoms with Gasteiger partial charge in [0.15, 0.2) is 0 Å². The van der Waals surface area contributed by atoms with Crippen LogP contribution in [0.2, 0.25) is 0 Å². The molecule has 0 aliphatic rings. The summed E-state index contributed by atoms with van der Waals surface area (Å²) in [6.07, 6.45) is 7.55. The zero-order chi connectivity index (χ0) is 13.2. The maximum Gasteiger partial charge on any atom is 0.333 e. The smallest absolute Gasteiger partial charge is 0.333 e. The fraction of sp³-hybridized carbons (Fsp3) is 0.312. The highest BCUT2D eigenvalue weighted by atomic mass is 16.5. The lowest BCUT2D eigenvalue weighted by atomic mass is 10.2. The van der Waals surface area contributed by atoms with Crippen molar-refractivity contribution in [3.8, 4) is 0 Å². The van der Waals surface area contributed by atoms with Crippen LogP contribution in [0.3, 0.4) is 0 Å². The predicted molar refractivity (Wildman–Crippen MR) is 75.1 cm³/mol. The van der Waals surface area contributed by atoms with Crippen molar-refractivity contribution in [2.75, 3.05) is 6.61 Å². The van der Waals surface area contributed by atoms with Gasteiger partial charge in [-0.25, -0.2) is 4.79 Å². The summed E-state index contributed by atoms with van der Waals surface area (Å²) in [5, 5.41) is 0. The van der Waals surface area contributed by atoms with E-state index < -0.39 is 0 Å². The molecule has 0 fully saturated rings. The van der Waals surface area contributed by atoms with Gasteiger partial charge in [0, 0.05) is 5.57 Å². The van der Waals surface area contributed by atoms with Gasteiger partial charge < -0.3 is 4.74 Å². The lowest BCUT2D eigenvalue weighted by Gasteiger charge is -2.02. The minimum Gasteiger partial charge on any atom is -0.462 e. The SMILES string of the molecule is CCCCOC(=O)C(C)=CC=Cc1ccccc1. The highest BCUT2D eigenvalue weighted by Crippen LogP contribution is 2.03. The van der Waals surface area contributed by atoms with E-state index in [0.29, 0.717) is 12.2 Å². The number of ether oxygens (including phenoxy) is 1. The Kier molecular flexibility index (Phi) is 6.55. The molecule has 0 bridgehead atoms. The third-order valence-electron chi connectivity index (χ3n) is 2.49. The minimum atomic E-state index is -0.235. The summed E-state index contributed by atoms with van der Waals surface area (Å²) in [6.45, 7) is 4.34. The summed E-state index contributed by atoms with van der Waals surface area (Å²) in [7, 11) is 0. The average Bonchev–Trinajstić information content (AvgIpc) is 2.40. The fourth-order valence-corrected chi connectivity index (χ4v) is 1.36. The Morgan fingerprint density at radius 3 is 2.67 bits per heavy atom. The molecule has 0 saturated carbocycles. The van der Waals surface area contributed by atoms with Crippen LogP contribution in [0.1, 0.15) is 32.3 Å². The Bertz CT molecular complexity index is 416. The molecule has 2 nitrogen and oxygen atoms in total. The predicted octanol–water partition coefficient (Wildman–Crippen LogP) is 3.99. The molecular formula is C16H20O2. The van der Waals surface area contributed by atoms with Crippen molar-refractivity contribution in [1.82, 2.24) is 0 Å². The Labute approximate surface area is 109 Å². The van der Waals surface area contributed by atoms with Gasteiger partial charge in [0.05, 0.1) is 6.61 Å². The molecule has 0 N–H and O–H groups in total. The van der Waals surface area contributed by atoms with Crippen molar-refractivity contribution < 1.29 is 9.53 Å². The van der Waals surface area contributed by atoms with E-state index in [1.54, 1.807) is 13.0 Å². The van der Waals surface area contributed by atoms with Gasteiger partial charge in [-0.15, -0.1) is 0 Å². The molecule has 1 aromatic rings. The Balaban J connectivity index is 2.46. The largest absolute Gasteiger partial charge is 0.462 e. The van der Waals surface area contributed by atoms with Crippen molar-refractivity contribution in [2.24, 2.45) is 0 Å². The van der Waals surface area contributed by atoms with E-state index in [-0.39, 0.29) is 5.97 Å². The molecule has 0 aromatic heterocycles. The number of esters is 1. The number of carbonyl (C=O) groups excluding carboxylic acids is 1. The summed E-state index contributed by atoms with van der Waals surface area (Å²) in [6, 6.07) is 9.96. The monoisotopic (exact) mass is 244 g/mol. The number of benzene rings is 1. The maximum atomic E-state index is 11.5. The summed E-state index contributed by atoms with van der Waals surface area (Å²) >= 11 is 0. The van der Waals surface area contributed by atoms with Crippen molar-refractivity contribution in [2.45, 2.75) is 26.7 Å². The number of rotatable bonds is 6. The molecule has 1 rings (SSSR count). The van der Waals surface area contributed by atoms with E-state index in [9.17, 15) is 4.79 Å². The summed E-state index contributed by atoms with van der Waals surface area (Å²) in [5.41, 5.74) is 1.74. The number of carbonyl (C=O) groups is 1. The fourth-order valence-electron chi connectivity index (χ4n) is 1.36. The molecule has 1 aromatic carbocycles. The van der Waals surface area contributed by atoms with Gasteiger partial charge in [0.25, 0.3) is 0 Å². The third-order valence-corrected chi connectivity index (χ3v) is 2.49. The molecular weight excluding hydrogens is 224 g/mol. The first kappa shape index (κ1) is 14.2. The van der Waals surface area contributed by atoms with Crippen LogP contribution in [0.25, 0.3) is 6.08 Å². The summed E-state index contributed by atoms with van der Waals surface area (Å²) in [5.74, 6) is -0.235. The Morgan fingerprint density at radius 2 is 2.00 bits per heavy atom. The van der Waals surface area contributed by atoms with E-state index >= 15 is 0 Å². The molecule has 96 valence electrons. The number of hydrogen-bond donors (Lipinski definition) is 0. The van der Waals surface area contributed by atoms with E-state index in [4.69, 9.17) is 4.74 Å². The topological polar surface area (TPSA) is 26.3 Å². The molecule has 0 saturated heterocycles. The number of unbranched alkanes of at least 4 members (excludes halogenated alkanes) is 1. The molecule has 0 heterocycles. The van der Waals surface area contributed by atoms with Crippen molar-refractivity contribution in [1.29, 1.82) is 0 Å². The quantitative estimate of drug-likeness (QED) is 0.327. The second kappa shape index (κ2) is 8.29. The van der Waals surface area contributed by atoms with E-state index in [1.807, 2.05) is 42.5 Å². The number of allylic oxidation sites excluding steroid dienone is 2. The van der Waals surface area contributed by atoms with Crippen LogP contribution in [-0.4, -0.2) is 12.6 Å². The molecule has 0 atom stereocenters. The Morgan fingerprint density at radius 1 is 1.28 bits per heavy atom. The van der Waals surface area contributed by atoms with Gasteiger partial charge in [0.1, 0.15) is 0 Å². The summed E-state index contributed by atoms with van der Waals surface area (Å²) < 4.78 is 5.11. The third kappa shape index (κ3) is 5.48. The van der Waals surface area contributed by atoms with Gasteiger partial charge in [-0.3, -0.25) is 0 Å². The van der Waals surface area contributed by atoms with Crippen molar-refractivity contribution in [3.63, 3.8) is 0 Å². The van der Waals surface area contributed by atoms with Crippen LogP contribution in [0, 0.1) is 0 Å². The van der Waals surface area contributed by atoms with Gasteiger partial charge in [-0.05, 0) is 18.9 Å². The zero-order valence-corrected chi connectivity index (χ0v) is 11.1. The van der Waals surface area contributed by atoms with Crippen LogP contribution in [0.15, 0.2) is 48.1 Å². The maximum absolute atomic E-state index is 11.5. The highest BCUT2D eigenvalue weighted by Gasteiger charge is 2.03. The van der Waals surface area contributed by atoms with Crippen LogP contribution >= 0.6 is 0 Å². The molecule has 0 amide bonds. The van der Waals surface area contributed by atoms with Gasteiger partial charge >= 0.3 is 5.97 Å². The molecule has 2 heteroatoms. The first-order chi connectivity index (χ1) is 8.74. The Hall–Kier alpha value is -1.83. The van der Waals surface area contributed by atoms with Crippen LogP contribution in [0.4, 0.5) is 0 Å². The van der Waals surface area contributed by atoms with E-state index in [2.05, 4.69) is 6.92 Å². The van der Waals surface area contributed by atoms with Crippen LogP contribution < -0.4 is 0 Å². The number of hydrogen-bond acceptors (Lipinski definition) is 2. The molecule has 0 aliphatic heterocycles. The van der Waals surface area contributed by atoms with E-state index in [1.165, 1.54) is 0 Å². The lowest BCUT2D eigenvalue weighted by Crippen LogP contribution is -2.06. The normalized spacial score (nSPS) is 11.8. The lowest BCUT2D eigenvalue weighted by molar-refractivity contribution is -0.139.